The molecule has 0 bridgehead atoms. The molecule has 1 fully saturated rings. The number of carbonyl (C=O) groups excluding carboxylic acids is 1. The number of ether oxygens (including phenoxy) is 1. The summed E-state index contributed by atoms with van der Waals surface area (Å²) in [6, 6.07) is 14.6. The molecule has 5 nitrogen and oxygen atoms in total. The van der Waals surface area contributed by atoms with Crippen LogP contribution < -0.4 is 10.2 Å². The number of carbonyl (C=O) groups is 1. The highest BCUT2D eigenvalue weighted by molar-refractivity contribution is 5.94. The van der Waals surface area contributed by atoms with Crippen LogP contribution >= 0.6 is 0 Å². The summed E-state index contributed by atoms with van der Waals surface area (Å²) in [7, 11) is 1.61. The topological polar surface area (TPSA) is 44.8 Å². The van der Waals surface area contributed by atoms with Gasteiger partial charge in [0.1, 0.15) is 5.82 Å². The first kappa shape index (κ1) is 19.3. The molecule has 1 aliphatic heterocycles. The van der Waals surface area contributed by atoms with Gasteiger partial charge in [0.15, 0.2) is 0 Å². The third kappa shape index (κ3) is 5.28. The average Bonchev–Trinajstić information content (AvgIpc) is 2.69. The summed E-state index contributed by atoms with van der Waals surface area (Å²) in [5.74, 6) is -0.253. The molecule has 1 aliphatic rings. The highest BCUT2D eigenvalue weighted by atomic mass is 19.1. The first-order chi connectivity index (χ1) is 13.2. The van der Waals surface area contributed by atoms with Crippen LogP contribution in [0, 0.1) is 5.82 Å². The van der Waals surface area contributed by atoms with Gasteiger partial charge in [-0.25, -0.2) is 4.39 Å². The molecule has 0 radical (unpaired) electrons. The number of hydrogen-bond donors (Lipinski definition) is 1. The maximum Gasteiger partial charge on any atom is 0.251 e. The molecule has 0 atom stereocenters. The van der Waals surface area contributed by atoms with Crippen molar-refractivity contribution in [1.29, 1.82) is 0 Å². The van der Waals surface area contributed by atoms with Crippen LogP contribution in [0.3, 0.4) is 0 Å². The lowest BCUT2D eigenvalue weighted by Crippen LogP contribution is -2.46. The number of nitrogens with one attached hydrogen (secondary N) is 1. The van der Waals surface area contributed by atoms with E-state index in [2.05, 4.69) is 15.1 Å². The van der Waals surface area contributed by atoms with E-state index in [0.29, 0.717) is 24.4 Å². The molecule has 1 saturated heterocycles. The van der Waals surface area contributed by atoms with Crippen molar-refractivity contribution in [3.63, 3.8) is 0 Å². The van der Waals surface area contributed by atoms with Gasteiger partial charge in [0, 0.05) is 51.9 Å². The molecule has 27 heavy (non-hydrogen) atoms. The Balaban J connectivity index is 1.54. The number of amides is 1. The van der Waals surface area contributed by atoms with Crippen molar-refractivity contribution < 1.29 is 13.9 Å². The molecule has 0 aromatic heterocycles. The van der Waals surface area contributed by atoms with Crippen LogP contribution in [-0.2, 0) is 11.3 Å². The Labute approximate surface area is 159 Å². The molecule has 1 N–H and O–H groups in total. The van der Waals surface area contributed by atoms with Gasteiger partial charge in [-0.15, -0.1) is 0 Å². The number of halogens is 1. The predicted molar refractivity (Wildman–Crippen MR) is 105 cm³/mol. The van der Waals surface area contributed by atoms with Crippen LogP contribution in [-0.4, -0.2) is 57.2 Å². The summed E-state index contributed by atoms with van der Waals surface area (Å²) in [6.45, 7) is 5.08. The van der Waals surface area contributed by atoms with E-state index in [1.54, 1.807) is 13.2 Å². The smallest absolute Gasteiger partial charge is 0.251 e. The molecule has 0 saturated carbocycles. The largest absolute Gasteiger partial charge is 0.383 e. The van der Waals surface area contributed by atoms with E-state index in [0.717, 1.165) is 38.3 Å². The minimum absolute atomic E-state index is 0.0849. The lowest BCUT2D eigenvalue weighted by molar-refractivity contribution is 0.0937. The predicted octanol–water partition coefficient (Wildman–Crippen LogP) is 2.52. The summed E-state index contributed by atoms with van der Waals surface area (Å²) in [5.41, 5.74) is 2.44. The third-order valence-corrected chi connectivity index (χ3v) is 4.75. The lowest BCUT2D eigenvalue weighted by atomic mass is 10.1. The van der Waals surface area contributed by atoms with E-state index in [4.69, 9.17) is 4.74 Å². The van der Waals surface area contributed by atoms with E-state index >= 15 is 0 Å². The minimum Gasteiger partial charge on any atom is -0.383 e. The van der Waals surface area contributed by atoms with Gasteiger partial charge < -0.3 is 15.0 Å². The highest BCUT2D eigenvalue weighted by Crippen LogP contribution is 2.20. The van der Waals surface area contributed by atoms with Crippen molar-refractivity contribution in [2.45, 2.75) is 6.54 Å². The summed E-state index contributed by atoms with van der Waals surface area (Å²) < 4.78 is 18.9. The maximum atomic E-state index is 13.9. The van der Waals surface area contributed by atoms with E-state index in [9.17, 15) is 9.18 Å². The zero-order valence-electron chi connectivity index (χ0n) is 15.7. The highest BCUT2D eigenvalue weighted by Gasteiger charge is 2.19. The van der Waals surface area contributed by atoms with Gasteiger partial charge in [-0.2, -0.15) is 0 Å². The zero-order valence-corrected chi connectivity index (χ0v) is 15.7. The number of hydrogen-bond acceptors (Lipinski definition) is 4. The first-order valence-electron chi connectivity index (χ1n) is 9.25. The number of benzene rings is 2. The number of nitrogens with zero attached hydrogens (tertiary/aromatic N) is 2. The molecule has 3 rings (SSSR count). The van der Waals surface area contributed by atoms with Crippen molar-refractivity contribution in [2.75, 3.05) is 51.3 Å². The molecule has 0 unspecified atom stereocenters. The van der Waals surface area contributed by atoms with Crippen LogP contribution in [0.4, 0.5) is 10.1 Å². The number of para-hydroxylation sites is 1. The molecular formula is C21H26FN3O2. The normalized spacial score (nSPS) is 15.0. The molecular weight excluding hydrogens is 345 g/mol. The van der Waals surface area contributed by atoms with Crippen molar-refractivity contribution in [1.82, 2.24) is 10.2 Å². The van der Waals surface area contributed by atoms with E-state index in [1.165, 1.54) is 6.07 Å². The van der Waals surface area contributed by atoms with Crippen LogP contribution in [0.25, 0.3) is 0 Å². The summed E-state index contributed by atoms with van der Waals surface area (Å²) in [4.78, 5) is 16.6. The second-order valence-electron chi connectivity index (χ2n) is 6.66. The van der Waals surface area contributed by atoms with Crippen LogP contribution in [0.5, 0.6) is 0 Å². The molecule has 2 aromatic rings. The average molecular weight is 371 g/mol. The Kier molecular flexibility index (Phi) is 6.79. The van der Waals surface area contributed by atoms with E-state index in [-0.39, 0.29) is 11.7 Å². The van der Waals surface area contributed by atoms with E-state index in [1.807, 2.05) is 36.4 Å². The van der Waals surface area contributed by atoms with Gasteiger partial charge in [-0.3, -0.25) is 9.69 Å². The van der Waals surface area contributed by atoms with Crippen molar-refractivity contribution in [3.8, 4) is 0 Å². The lowest BCUT2D eigenvalue weighted by Gasteiger charge is -2.36. The fourth-order valence-corrected chi connectivity index (χ4v) is 3.29. The summed E-state index contributed by atoms with van der Waals surface area (Å²) >= 11 is 0. The van der Waals surface area contributed by atoms with Gasteiger partial charge in [-0.1, -0.05) is 24.3 Å². The summed E-state index contributed by atoms with van der Waals surface area (Å²) in [6.07, 6.45) is 0. The van der Waals surface area contributed by atoms with Crippen molar-refractivity contribution in [2.24, 2.45) is 0 Å². The summed E-state index contributed by atoms with van der Waals surface area (Å²) in [5, 5.41) is 2.84. The first-order valence-corrected chi connectivity index (χ1v) is 9.25. The van der Waals surface area contributed by atoms with Crippen molar-refractivity contribution in [3.05, 3.63) is 65.5 Å². The fourth-order valence-electron chi connectivity index (χ4n) is 3.29. The van der Waals surface area contributed by atoms with Gasteiger partial charge in [0.2, 0.25) is 0 Å². The number of piperazine rings is 1. The SMILES string of the molecule is COCCNC(=O)c1cccc(CN2CCN(c3ccccc3F)CC2)c1. The molecule has 0 aliphatic carbocycles. The molecule has 144 valence electrons. The Morgan fingerprint density at radius 2 is 1.89 bits per heavy atom. The van der Waals surface area contributed by atoms with Crippen LogP contribution in [0.2, 0.25) is 0 Å². The molecule has 0 spiro atoms. The maximum absolute atomic E-state index is 13.9. The zero-order chi connectivity index (χ0) is 19.1. The number of rotatable bonds is 7. The molecule has 1 amide bonds. The fraction of sp³-hybridized carbons (Fsp3) is 0.381. The standard InChI is InChI=1S/C21H26FN3O2/c1-27-14-9-23-21(26)18-6-4-5-17(15-18)16-24-10-12-25(13-11-24)20-8-3-2-7-19(20)22/h2-8,15H,9-14,16H2,1H3,(H,23,26). The van der Waals surface area contributed by atoms with Gasteiger partial charge in [0.25, 0.3) is 5.91 Å². The Bertz CT molecular complexity index is 761. The minimum atomic E-state index is -0.168. The quantitative estimate of drug-likeness (QED) is 0.760. The van der Waals surface area contributed by atoms with Crippen molar-refractivity contribution >= 4 is 11.6 Å². The Morgan fingerprint density at radius 3 is 2.63 bits per heavy atom. The monoisotopic (exact) mass is 371 g/mol. The Hall–Kier alpha value is -2.44. The van der Waals surface area contributed by atoms with Crippen LogP contribution in [0.15, 0.2) is 48.5 Å². The molecule has 1 heterocycles. The molecule has 6 heteroatoms. The van der Waals surface area contributed by atoms with Crippen LogP contribution in [0.1, 0.15) is 15.9 Å². The second kappa shape index (κ2) is 9.48. The second-order valence-corrected chi connectivity index (χ2v) is 6.66. The van der Waals surface area contributed by atoms with E-state index < -0.39 is 0 Å². The van der Waals surface area contributed by atoms with Gasteiger partial charge in [0.05, 0.1) is 12.3 Å². The Morgan fingerprint density at radius 1 is 1.11 bits per heavy atom. The molecule has 2 aromatic carbocycles. The number of methoxy groups -OCH3 is 1. The van der Waals surface area contributed by atoms with Gasteiger partial charge in [-0.05, 0) is 29.8 Å². The number of anilines is 1. The van der Waals surface area contributed by atoms with Gasteiger partial charge >= 0.3 is 0 Å². The third-order valence-electron chi connectivity index (χ3n) is 4.75.